The molecule has 4 rings (SSSR count). The van der Waals surface area contributed by atoms with Crippen molar-refractivity contribution in [3.8, 4) is 0 Å². The fourth-order valence-corrected chi connectivity index (χ4v) is 4.34. The second-order valence-corrected chi connectivity index (χ2v) is 9.41. The Labute approximate surface area is 177 Å². The molecule has 1 saturated carbocycles. The minimum Gasteiger partial charge on any atom is -0.348 e. The average Bonchev–Trinajstić information content (AvgIpc) is 3.41. The van der Waals surface area contributed by atoms with Crippen molar-refractivity contribution >= 4 is 23.4 Å². The fraction of sp³-hybridized carbons (Fsp3) is 0.478. The topological polar surface area (TPSA) is 45.6 Å². The van der Waals surface area contributed by atoms with Crippen LogP contribution >= 0.6 is 11.6 Å². The van der Waals surface area contributed by atoms with E-state index in [-0.39, 0.29) is 30.3 Å². The molecule has 0 saturated heterocycles. The Morgan fingerprint density at radius 2 is 1.83 bits per heavy atom. The van der Waals surface area contributed by atoms with Crippen LogP contribution in [0.5, 0.6) is 0 Å². The number of halogens is 1. The molecule has 1 fully saturated rings. The predicted molar refractivity (Wildman–Crippen MR) is 114 cm³/mol. The van der Waals surface area contributed by atoms with Gasteiger partial charge in [0, 0.05) is 41.5 Å². The first kappa shape index (κ1) is 20.0. The molecule has 2 heterocycles. The van der Waals surface area contributed by atoms with Crippen molar-refractivity contribution in [3.05, 3.63) is 58.9 Å². The number of rotatable bonds is 4. The van der Waals surface area contributed by atoms with Gasteiger partial charge in [-0.25, -0.2) is 0 Å². The smallest absolute Gasteiger partial charge is 0.243 e. The Morgan fingerprint density at radius 1 is 1.10 bits per heavy atom. The lowest BCUT2D eigenvalue weighted by atomic mass is 9.99. The van der Waals surface area contributed by atoms with Crippen LogP contribution in [0.15, 0.2) is 42.6 Å². The van der Waals surface area contributed by atoms with Crippen LogP contribution in [0.1, 0.15) is 50.9 Å². The number of fused-ring (bicyclic) bond motifs is 1. The summed E-state index contributed by atoms with van der Waals surface area (Å²) >= 11 is 6.53. The summed E-state index contributed by atoms with van der Waals surface area (Å²) in [6.45, 7) is 7.40. The number of nitrogens with zero attached hydrogens (tertiary/aromatic N) is 3. The van der Waals surface area contributed by atoms with E-state index in [1.807, 2.05) is 68.3 Å². The van der Waals surface area contributed by atoms with Crippen LogP contribution in [0, 0.1) is 5.92 Å². The first-order valence-electron chi connectivity index (χ1n) is 10.3. The fourth-order valence-electron chi connectivity index (χ4n) is 4.10. The number of aromatic nitrogens is 1. The third-order valence-corrected chi connectivity index (χ3v) is 6.20. The van der Waals surface area contributed by atoms with E-state index in [4.69, 9.17) is 11.6 Å². The molecule has 1 atom stereocenters. The molecule has 1 aliphatic carbocycles. The number of hydrogen-bond donors (Lipinski definition) is 0. The Bertz CT molecular complexity index is 926. The highest BCUT2D eigenvalue weighted by molar-refractivity contribution is 6.31. The molecule has 1 aliphatic heterocycles. The van der Waals surface area contributed by atoms with Crippen LogP contribution in [0.2, 0.25) is 5.02 Å². The number of carbonyl (C=O) groups is 2. The molecule has 0 radical (unpaired) electrons. The number of carbonyl (C=O) groups excluding carboxylic acids is 2. The highest BCUT2D eigenvalue weighted by Crippen LogP contribution is 2.37. The predicted octanol–water partition coefficient (Wildman–Crippen LogP) is 4.11. The van der Waals surface area contributed by atoms with Crippen molar-refractivity contribution < 1.29 is 9.59 Å². The van der Waals surface area contributed by atoms with Crippen molar-refractivity contribution in [1.29, 1.82) is 0 Å². The molecule has 29 heavy (non-hydrogen) atoms. The zero-order valence-corrected chi connectivity index (χ0v) is 18.0. The minimum absolute atomic E-state index is 0.0358. The first-order chi connectivity index (χ1) is 13.8. The summed E-state index contributed by atoms with van der Waals surface area (Å²) in [5, 5.41) is 0.645. The van der Waals surface area contributed by atoms with Crippen LogP contribution in [-0.2, 0) is 16.1 Å². The van der Waals surface area contributed by atoms with Crippen LogP contribution in [0.4, 0.5) is 0 Å². The molecular weight excluding hydrogens is 386 g/mol. The number of benzene rings is 1. The Hall–Kier alpha value is -2.27. The van der Waals surface area contributed by atoms with Crippen LogP contribution in [0.3, 0.4) is 0 Å². The molecule has 2 aliphatic rings. The Kier molecular flexibility index (Phi) is 5.19. The van der Waals surface area contributed by atoms with E-state index >= 15 is 0 Å². The molecule has 0 unspecified atom stereocenters. The molecule has 1 aromatic heterocycles. The summed E-state index contributed by atoms with van der Waals surface area (Å²) < 4.78 is 2.18. The molecule has 6 heteroatoms. The molecule has 5 nitrogen and oxygen atoms in total. The molecule has 0 spiro atoms. The second-order valence-electron chi connectivity index (χ2n) is 9.01. The van der Waals surface area contributed by atoms with E-state index < -0.39 is 5.54 Å². The van der Waals surface area contributed by atoms with Gasteiger partial charge in [0.2, 0.25) is 11.8 Å². The van der Waals surface area contributed by atoms with Crippen LogP contribution in [0.25, 0.3) is 0 Å². The van der Waals surface area contributed by atoms with Gasteiger partial charge in [0.1, 0.15) is 6.54 Å². The number of amides is 2. The summed E-state index contributed by atoms with van der Waals surface area (Å²) in [5.74, 6) is 0.145. The van der Waals surface area contributed by atoms with Crippen molar-refractivity contribution in [2.45, 2.75) is 51.7 Å². The van der Waals surface area contributed by atoms with Gasteiger partial charge in [0.05, 0.1) is 6.04 Å². The quantitative estimate of drug-likeness (QED) is 0.757. The van der Waals surface area contributed by atoms with Gasteiger partial charge in [0.25, 0.3) is 0 Å². The van der Waals surface area contributed by atoms with Gasteiger partial charge in [-0.1, -0.05) is 29.8 Å². The highest BCUT2D eigenvalue weighted by Gasteiger charge is 2.40. The lowest BCUT2D eigenvalue weighted by molar-refractivity contribution is -0.147. The maximum absolute atomic E-state index is 13.5. The van der Waals surface area contributed by atoms with E-state index in [1.165, 1.54) is 0 Å². The average molecular weight is 414 g/mol. The molecule has 0 N–H and O–H groups in total. The van der Waals surface area contributed by atoms with Gasteiger partial charge >= 0.3 is 0 Å². The SMILES string of the molecule is CC(C)(C)N(CC(=O)N1CCn2cccc2[C@H]1c1ccccc1Cl)C(=O)C1CC1. The van der Waals surface area contributed by atoms with Crippen molar-refractivity contribution in [1.82, 2.24) is 14.4 Å². The van der Waals surface area contributed by atoms with E-state index in [1.54, 1.807) is 4.90 Å². The summed E-state index contributed by atoms with van der Waals surface area (Å²) in [6.07, 6.45) is 3.90. The lowest BCUT2D eigenvalue weighted by Gasteiger charge is -2.41. The first-order valence-corrected chi connectivity index (χ1v) is 10.7. The van der Waals surface area contributed by atoms with Gasteiger partial charge in [-0.15, -0.1) is 0 Å². The maximum atomic E-state index is 13.5. The van der Waals surface area contributed by atoms with Gasteiger partial charge in [-0.05, 0) is 57.4 Å². The third-order valence-electron chi connectivity index (χ3n) is 5.85. The summed E-state index contributed by atoms with van der Waals surface area (Å²) in [6, 6.07) is 11.5. The van der Waals surface area contributed by atoms with Crippen molar-refractivity contribution in [3.63, 3.8) is 0 Å². The van der Waals surface area contributed by atoms with Crippen LogP contribution in [-0.4, -0.2) is 44.8 Å². The Morgan fingerprint density at radius 3 is 2.48 bits per heavy atom. The largest absolute Gasteiger partial charge is 0.348 e. The normalized spacial score (nSPS) is 19.0. The standard InChI is InChI=1S/C23H28ClN3O2/c1-23(2,3)27(22(29)16-10-11-16)15-20(28)26-14-13-25-12-6-9-19(25)21(26)17-7-4-5-8-18(17)24/h4-9,12,16,21H,10-11,13-15H2,1-3H3/t21-/m1/s1. The van der Waals surface area contributed by atoms with E-state index in [9.17, 15) is 9.59 Å². The summed E-state index contributed by atoms with van der Waals surface area (Å²) in [7, 11) is 0. The molecule has 2 aromatic rings. The third kappa shape index (κ3) is 3.93. The highest BCUT2D eigenvalue weighted by atomic mass is 35.5. The van der Waals surface area contributed by atoms with Gasteiger partial charge in [-0.2, -0.15) is 0 Å². The monoisotopic (exact) mass is 413 g/mol. The van der Waals surface area contributed by atoms with Crippen LogP contribution < -0.4 is 0 Å². The second kappa shape index (κ2) is 7.52. The maximum Gasteiger partial charge on any atom is 0.243 e. The minimum atomic E-state index is -0.398. The zero-order chi connectivity index (χ0) is 20.8. The van der Waals surface area contributed by atoms with E-state index in [0.29, 0.717) is 11.6 Å². The van der Waals surface area contributed by atoms with Gasteiger partial charge < -0.3 is 14.4 Å². The number of hydrogen-bond acceptors (Lipinski definition) is 2. The van der Waals surface area contributed by atoms with E-state index in [0.717, 1.165) is 30.6 Å². The Balaban J connectivity index is 1.66. The molecule has 2 amide bonds. The van der Waals surface area contributed by atoms with Gasteiger partial charge in [-0.3, -0.25) is 9.59 Å². The molecular formula is C23H28ClN3O2. The van der Waals surface area contributed by atoms with Gasteiger partial charge in [0.15, 0.2) is 0 Å². The molecule has 1 aromatic carbocycles. The zero-order valence-electron chi connectivity index (χ0n) is 17.3. The van der Waals surface area contributed by atoms with E-state index in [2.05, 4.69) is 4.57 Å². The van der Waals surface area contributed by atoms with Crippen molar-refractivity contribution in [2.24, 2.45) is 5.92 Å². The molecule has 154 valence electrons. The lowest BCUT2D eigenvalue weighted by Crippen LogP contribution is -2.53. The summed E-state index contributed by atoms with van der Waals surface area (Å²) in [4.78, 5) is 30.0. The van der Waals surface area contributed by atoms with Crippen molar-refractivity contribution in [2.75, 3.05) is 13.1 Å². The summed E-state index contributed by atoms with van der Waals surface area (Å²) in [5.41, 5.74) is 1.57. The molecule has 0 bridgehead atoms.